The Morgan fingerprint density at radius 2 is 2.31 bits per heavy atom. The number of hydrogen-bond acceptors (Lipinski definition) is 3. The van der Waals surface area contributed by atoms with Crippen LogP contribution in [0.15, 0.2) is 22.7 Å². The van der Waals surface area contributed by atoms with E-state index in [1.807, 2.05) is 0 Å². The second-order valence-electron chi connectivity index (χ2n) is 4.91. The van der Waals surface area contributed by atoms with Crippen LogP contribution in [0.3, 0.4) is 0 Å². The van der Waals surface area contributed by atoms with E-state index >= 15 is 0 Å². The number of anilines is 2. The van der Waals surface area contributed by atoms with E-state index in [0.29, 0.717) is 6.04 Å². The van der Waals surface area contributed by atoms with Gasteiger partial charge in [-0.3, -0.25) is 0 Å². The first kappa shape index (κ1) is 10.4. The molecule has 3 rings (SSSR count). The fraction of sp³-hybridized carbons (Fsp3) is 0.500. The second-order valence-corrected chi connectivity index (χ2v) is 5.83. The predicted molar refractivity (Wildman–Crippen MR) is 69.0 cm³/mol. The van der Waals surface area contributed by atoms with Gasteiger partial charge in [0.15, 0.2) is 0 Å². The molecule has 1 fully saturated rings. The number of fused-ring (bicyclic) bond motifs is 2. The summed E-state index contributed by atoms with van der Waals surface area (Å²) in [5.74, 6) is 0. The Bertz CT molecular complexity index is 423. The highest BCUT2D eigenvalue weighted by Gasteiger charge is 2.41. The largest absolute Gasteiger partial charge is 0.383 e. The van der Waals surface area contributed by atoms with Crippen molar-refractivity contribution in [2.24, 2.45) is 5.41 Å². The van der Waals surface area contributed by atoms with Gasteiger partial charge in [0.05, 0.1) is 30.6 Å². The quantitative estimate of drug-likeness (QED) is 0.768. The van der Waals surface area contributed by atoms with E-state index in [0.717, 1.165) is 29.9 Å². The van der Waals surface area contributed by atoms with Crippen molar-refractivity contribution in [3.8, 4) is 0 Å². The second kappa shape index (κ2) is 3.64. The van der Waals surface area contributed by atoms with Gasteiger partial charge in [-0.2, -0.15) is 0 Å². The summed E-state index contributed by atoms with van der Waals surface area (Å²) in [4.78, 5) is 0. The van der Waals surface area contributed by atoms with Crippen molar-refractivity contribution >= 4 is 27.3 Å². The zero-order chi connectivity index (χ0) is 11.2. The number of ether oxygens (including phenoxy) is 1. The van der Waals surface area contributed by atoms with Gasteiger partial charge in [0.2, 0.25) is 0 Å². The van der Waals surface area contributed by atoms with Crippen LogP contribution >= 0.6 is 15.9 Å². The molecular weight excluding hydrogens is 268 g/mol. The van der Waals surface area contributed by atoms with Crippen LogP contribution < -0.4 is 10.6 Å². The Hall–Kier alpha value is -0.740. The third-order valence-corrected chi connectivity index (χ3v) is 4.04. The Balaban J connectivity index is 1.98. The van der Waals surface area contributed by atoms with Crippen LogP contribution in [0.1, 0.15) is 6.92 Å². The summed E-state index contributed by atoms with van der Waals surface area (Å²) in [5, 5.41) is 7.09. The van der Waals surface area contributed by atoms with Gasteiger partial charge in [-0.05, 0) is 18.2 Å². The molecule has 16 heavy (non-hydrogen) atoms. The molecule has 0 radical (unpaired) electrons. The minimum Gasteiger partial charge on any atom is -0.383 e. The van der Waals surface area contributed by atoms with Gasteiger partial charge in [-0.25, -0.2) is 0 Å². The third-order valence-electron chi connectivity index (χ3n) is 3.55. The van der Waals surface area contributed by atoms with E-state index < -0.39 is 0 Å². The molecule has 2 heterocycles. The average Bonchev–Trinajstić information content (AvgIpc) is 2.54. The summed E-state index contributed by atoms with van der Waals surface area (Å²) in [6.07, 6.45) is 0. The van der Waals surface area contributed by atoms with E-state index in [2.05, 4.69) is 51.7 Å². The van der Waals surface area contributed by atoms with Crippen LogP contribution in [0.25, 0.3) is 0 Å². The normalized spacial score (nSPS) is 32.0. The minimum atomic E-state index is 0.186. The van der Waals surface area contributed by atoms with Crippen molar-refractivity contribution in [3.05, 3.63) is 22.7 Å². The Morgan fingerprint density at radius 1 is 1.44 bits per heavy atom. The van der Waals surface area contributed by atoms with E-state index in [1.54, 1.807) is 0 Å². The molecule has 2 atom stereocenters. The van der Waals surface area contributed by atoms with Gasteiger partial charge in [-0.15, -0.1) is 0 Å². The molecule has 2 unspecified atom stereocenters. The van der Waals surface area contributed by atoms with E-state index in [4.69, 9.17) is 4.74 Å². The fourth-order valence-corrected chi connectivity index (χ4v) is 2.74. The molecule has 0 saturated carbocycles. The standard InChI is InChI=1S/C12H15BrN2O/c1-12-6-14-9-3-2-8(13)4-10(9)15-11(12)5-16-7-12/h2-4,11,14-15H,5-7H2,1H3. The molecule has 2 N–H and O–H groups in total. The van der Waals surface area contributed by atoms with Crippen LogP contribution in [0.5, 0.6) is 0 Å². The summed E-state index contributed by atoms with van der Waals surface area (Å²) in [6.45, 7) is 4.85. The smallest absolute Gasteiger partial charge is 0.0675 e. The maximum atomic E-state index is 5.58. The Labute approximate surface area is 104 Å². The van der Waals surface area contributed by atoms with Gasteiger partial charge in [0.25, 0.3) is 0 Å². The molecule has 2 aliphatic heterocycles. The van der Waals surface area contributed by atoms with E-state index in [9.17, 15) is 0 Å². The lowest BCUT2D eigenvalue weighted by atomic mass is 9.85. The van der Waals surface area contributed by atoms with Crippen LogP contribution in [-0.4, -0.2) is 25.8 Å². The molecule has 1 saturated heterocycles. The summed E-state index contributed by atoms with van der Waals surface area (Å²) in [5.41, 5.74) is 2.53. The van der Waals surface area contributed by atoms with Crippen LogP contribution in [0, 0.1) is 5.41 Å². The maximum Gasteiger partial charge on any atom is 0.0675 e. The average molecular weight is 283 g/mol. The molecule has 2 aliphatic rings. The molecule has 0 amide bonds. The lowest BCUT2D eigenvalue weighted by molar-refractivity contribution is 0.164. The highest BCUT2D eigenvalue weighted by Crippen LogP contribution is 2.37. The van der Waals surface area contributed by atoms with Crippen molar-refractivity contribution < 1.29 is 4.74 Å². The number of nitrogens with one attached hydrogen (secondary N) is 2. The SMILES string of the molecule is CC12CNc3ccc(Br)cc3NC1COC2. The van der Waals surface area contributed by atoms with E-state index in [1.165, 1.54) is 5.69 Å². The molecule has 4 heteroatoms. The number of rotatable bonds is 0. The number of halogens is 1. The Morgan fingerprint density at radius 3 is 3.19 bits per heavy atom. The molecule has 0 aromatic heterocycles. The van der Waals surface area contributed by atoms with Gasteiger partial charge in [-0.1, -0.05) is 22.9 Å². The zero-order valence-corrected chi connectivity index (χ0v) is 10.8. The Kier molecular flexibility index (Phi) is 2.37. The third kappa shape index (κ3) is 1.60. The first-order valence-electron chi connectivity index (χ1n) is 5.55. The molecular formula is C12H15BrN2O. The zero-order valence-electron chi connectivity index (χ0n) is 9.22. The van der Waals surface area contributed by atoms with Crippen LogP contribution in [-0.2, 0) is 4.74 Å². The monoisotopic (exact) mass is 282 g/mol. The van der Waals surface area contributed by atoms with Crippen molar-refractivity contribution in [1.82, 2.24) is 0 Å². The van der Waals surface area contributed by atoms with Crippen LogP contribution in [0.2, 0.25) is 0 Å². The molecule has 0 spiro atoms. The summed E-state index contributed by atoms with van der Waals surface area (Å²) >= 11 is 3.50. The number of benzene rings is 1. The summed E-state index contributed by atoms with van der Waals surface area (Å²) < 4.78 is 6.68. The predicted octanol–water partition coefficient (Wildman–Crippen LogP) is 2.69. The molecule has 3 nitrogen and oxygen atoms in total. The van der Waals surface area contributed by atoms with Crippen molar-refractivity contribution in [1.29, 1.82) is 0 Å². The molecule has 86 valence electrons. The lowest BCUT2D eigenvalue weighted by Gasteiger charge is -2.27. The topological polar surface area (TPSA) is 33.3 Å². The van der Waals surface area contributed by atoms with Gasteiger partial charge in [0.1, 0.15) is 0 Å². The highest BCUT2D eigenvalue weighted by atomic mass is 79.9. The lowest BCUT2D eigenvalue weighted by Crippen LogP contribution is -2.40. The highest BCUT2D eigenvalue weighted by molar-refractivity contribution is 9.10. The van der Waals surface area contributed by atoms with Crippen molar-refractivity contribution in [2.75, 3.05) is 30.4 Å². The first-order chi connectivity index (χ1) is 7.67. The molecule has 1 aromatic carbocycles. The molecule has 0 aliphatic carbocycles. The van der Waals surface area contributed by atoms with E-state index in [-0.39, 0.29) is 5.41 Å². The van der Waals surface area contributed by atoms with Gasteiger partial charge >= 0.3 is 0 Å². The summed E-state index contributed by atoms with van der Waals surface area (Å²) in [6, 6.07) is 6.69. The fourth-order valence-electron chi connectivity index (χ4n) is 2.38. The summed E-state index contributed by atoms with van der Waals surface area (Å²) in [7, 11) is 0. The van der Waals surface area contributed by atoms with Crippen LogP contribution in [0.4, 0.5) is 11.4 Å². The van der Waals surface area contributed by atoms with Crippen molar-refractivity contribution in [3.63, 3.8) is 0 Å². The van der Waals surface area contributed by atoms with Gasteiger partial charge < -0.3 is 15.4 Å². The first-order valence-corrected chi connectivity index (χ1v) is 6.34. The minimum absolute atomic E-state index is 0.186. The number of hydrogen-bond donors (Lipinski definition) is 2. The molecule has 0 bridgehead atoms. The van der Waals surface area contributed by atoms with Gasteiger partial charge in [0, 0.05) is 16.4 Å². The molecule has 1 aromatic rings. The van der Waals surface area contributed by atoms with Crippen molar-refractivity contribution in [2.45, 2.75) is 13.0 Å². The maximum absolute atomic E-state index is 5.58.